The first-order valence-electron chi connectivity index (χ1n) is 5.01. The van der Waals surface area contributed by atoms with E-state index >= 15 is 0 Å². The van der Waals surface area contributed by atoms with Gasteiger partial charge in [0, 0.05) is 19.6 Å². The molecule has 0 bridgehead atoms. The van der Waals surface area contributed by atoms with Crippen molar-refractivity contribution >= 4 is 5.97 Å². The Hall–Kier alpha value is -1.36. The van der Waals surface area contributed by atoms with Crippen molar-refractivity contribution < 1.29 is 19.1 Å². The molecule has 0 unspecified atom stereocenters. The fraction of sp³-hybridized carbons (Fsp3) is 0.600. The van der Waals surface area contributed by atoms with Crippen molar-refractivity contribution in [1.29, 1.82) is 0 Å². The van der Waals surface area contributed by atoms with E-state index in [1.165, 1.54) is 6.26 Å². The largest absolute Gasteiger partial charge is 0.476 e. The number of rotatable bonds is 3. The molecule has 1 aromatic rings. The lowest BCUT2D eigenvalue weighted by atomic mass is 9.97. The van der Waals surface area contributed by atoms with E-state index in [1.807, 2.05) is 0 Å². The molecule has 82 valence electrons. The van der Waals surface area contributed by atoms with Gasteiger partial charge in [0.1, 0.15) is 6.26 Å². The number of aromatic carboxylic acids is 1. The van der Waals surface area contributed by atoms with Crippen molar-refractivity contribution in [3.8, 4) is 0 Å². The molecule has 1 aromatic heterocycles. The van der Waals surface area contributed by atoms with Crippen molar-refractivity contribution in [2.45, 2.75) is 19.3 Å². The van der Waals surface area contributed by atoms with Gasteiger partial charge < -0.3 is 14.3 Å². The number of carboxylic acid groups (broad SMARTS) is 1. The number of carboxylic acids is 1. The maximum absolute atomic E-state index is 10.6. The molecule has 1 aliphatic heterocycles. The molecule has 0 aliphatic carbocycles. The van der Waals surface area contributed by atoms with Crippen molar-refractivity contribution in [2.75, 3.05) is 13.2 Å². The molecule has 0 saturated carbocycles. The van der Waals surface area contributed by atoms with E-state index in [4.69, 9.17) is 14.3 Å². The number of carbonyl (C=O) groups is 1. The van der Waals surface area contributed by atoms with Crippen LogP contribution in [0.25, 0.3) is 0 Å². The summed E-state index contributed by atoms with van der Waals surface area (Å²) in [6, 6.07) is 0. The monoisotopic (exact) mass is 211 g/mol. The van der Waals surface area contributed by atoms with Crippen LogP contribution in [-0.2, 0) is 11.2 Å². The lowest BCUT2D eigenvalue weighted by molar-refractivity contribution is 0.0645. The lowest BCUT2D eigenvalue weighted by Gasteiger charge is -2.20. The van der Waals surface area contributed by atoms with Gasteiger partial charge >= 0.3 is 5.97 Å². The van der Waals surface area contributed by atoms with Crippen LogP contribution >= 0.6 is 0 Å². The number of hydrogen-bond donors (Lipinski definition) is 1. The Kier molecular flexibility index (Phi) is 3.01. The van der Waals surface area contributed by atoms with Gasteiger partial charge in [-0.25, -0.2) is 9.78 Å². The summed E-state index contributed by atoms with van der Waals surface area (Å²) in [5.41, 5.74) is -0.0166. The fourth-order valence-corrected chi connectivity index (χ4v) is 1.70. The third kappa shape index (κ3) is 2.56. The van der Waals surface area contributed by atoms with Crippen molar-refractivity contribution in [2.24, 2.45) is 5.92 Å². The standard InChI is InChI=1S/C10H13NO4/c12-10(13)8-6-15-9(11-8)5-7-1-3-14-4-2-7/h6-7H,1-5H2,(H,12,13). The number of oxazole rings is 1. The van der Waals surface area contributed by atoms with E-state index < -0.39 is 5.97 Å². The minimum atomic E-state index is -1.04. The Balaban J connectivity index is 1.94. The van der Waals surface area contributed by atoms with E-state index in [2.05, 4.69) is 4.98 Å². The van der Waals surface area contributed by atoms with Gasteiger partial charge in [0.15, 0.2) is 11.6 Å². The van der Waals surface area contributed by atoms with Crippen molar-refractivity contribution in [3.05, 3.63) is 17.8 Å². The van der Waals surface area contributed by atoms with Gasteiger partial charge in [-0.1, -0.05) is 0 Å². The molecule has 0 spiro atoms. The van der Waals surface area contributed by atoms with E-state index in [-0.39, 0.29) is 5.69 Å². The normalized spacial score (nSPS) is 17.9. The molecular weight excluding hydrogens is 198 g/mol. The minimum absolute atomic E-state index is 0.0166. The highest BCUT2D eigenvalue weighted by Gasteiger charge is 2.18. The van der Waals surface area contributed by atoms with Gasteiger partial charge in [-0.3, -0.25) is 0 Å². The molecule has 2 heterocycles. The molecule has 1 fully saturated rings. The molecule has 5 nitrogen and oxygen atoms in total. The first kappa shape index (κ1) is 10.2. The van der Waals surface area contributed by atoms with Crippen LogP contribution in [-0.4, -0.2) is 29.3 Å². The third-order valence-electron chi connectivity index (χ3n) is 2.58. The van der Waals surface area contributed by atoms with E-state index in [0.29, 0.717) is 18.2 Å². The highest BCUT2D eigenvalue weighted by Crippen LogP contribution is 2.19. The summed E-state index contributed by atoms with van der Waals surface area (Å²) >= 11 is 0. The molecule has 5 heteroatoms. The van der Waals surface area contributed by atoms with E-state index in [9.17, 15) is 4.79 Å². The molecular formula is C10H13NO4. The first-order valence-corrected chi connectivity index (χ1v) is 5.01. The molecule has 1 saturated heterocycles. The number of nitrogens with zero attached hydrogens (tertiary/aromatic N) is 1. The van der Waals surface area contributed by atoms with Crippen LogP contribution in [0.15, 0.2) is 10.7 Å². The van der Waals surface area contributed by atoms with Crippen LogP contribution in [0, 0.1) is 5.92 Å². The molecule has 1 aliphatic rings. The molecule has 0 atom stereocenters. The number of ether oxygens (including phenoxy) is 1. The van der Waals surface area contributed by atoms with Crippen LogP contribution in [0.4, 0.5) is 0 Å². The number of hydrogen-bond acceptors (Lipinski definition) is 4. The lowest BCUT2D eigenvalue weighted by Crippen LogP contribution is -2.17. The van der Waals surface area contributed by atoms with Gasteiger partial charge in [0.2, 0.25) is 0 Å². The predicted octanol–water partition coefficient (Wildman–Crippen LogP) is 1.34. The van der Waals surface area contributed by atoms with Crippen LogP contribution in [0.5, 0.6) is 0 Å². The average molecular weight is 211 g/mol. The summed E-state index contributed by atoms with van der Waals surface area (Å²) in [7, 11) is 0. The summed E-state index contributed by atoms with van der Waals surface area (Å²) in [4.78, 5) is 14.5. The zero-order valence-electron chi connectivity index (χ0n) is 8.31. The van der Waals surface area contributed by atoms with Crippen molar-refractivity contribution in [3.63, 3.8) is 0 Å². The molecule has 1 N–H and O–H groups in total. The van der Waals surface area contributed by atoms with Gasteiger partial charge in [0.25, 0.3) is 0 Å². The third-order valence-corrected chi connectivity index (χ3v) is 2.58. The van der Waals surface area contributed by atoms with E-state index in [0.717, 1.165) is 26.1 Å². The summed E-state index contributed by atoms with van der Waals surface area (Å²) in [5, 5.41) is 8.66. The second-order valence-corrected chi connectivity index (χ2v) is 3.69. The average Bonchev–Trinajstić information content (AvgIpc) is 2.68. The molecule has 2 rings (SSSR count). The zero-order valence-corrected chi connectivity index (χ0v) is 8.31. The molecule has 15 heavy (non-hydrogen) atoms. The molecule has 0 amide bonds. The SMILES string of the molecule is O=C(O)c1coc(CC2CCOCC2)n1. The van der Waals surface area contributed by atoms with E-state index in [1.54, 1.807) is 0 Å². The highest BCUT2D eigenvalue weighted by molar-refractivity contribution is 5.84. The Morgan fingerprint density at radius 3 is 2.87 bits per heavy atom. The zero-order chi connectivity index (χ0) is 10.7. The van der Waals surface area contributed by atoms with Gasteiger partial charge in [-0.2, -0.15) is 0 Å². The topological polar surface area (TPSA) is 72.6 Å². The molecule has 0 radical (unpaired) electrons. The maximum Gasteiger partial charge on any atom is 0.357 e. The van der Waals surface area contributed by atoms with Crippen LogP contribution in [0.2, 0.25) is 0 Å². The first-order chi connectivity index (χ1) is 7.25. The Morgan fingerprint density at radius 2 is 2.27 bits per heavy atom. The van der Waals surface area contributed by atoms with Gasteiger partial charge in [-0.15, -0.1) is 0 Å². The van der Waals surface area contributed by atoms with Crippen LogP contribution < -0.4 is 0 Å². The summed E-state index contributed by atoms with van der Waals surface area (Å²) in [6.45, 7) is 1.55. The van der Waals surface area contributed by atoms with Crippen LogP contribution in [0.3, 0.4) is 0 Å². The smallest absolute Gasteiger partial charge is 0.357 e. The summed E-state index contributed by atoms with van der Waals surface area (Å²) in [6.07, 6.45) is 3.88. The fourth-order valence-electron chi connectivity index (χ4n) is 1.70. The van der Waals surface area contributed by atoms with Crippen LogP contribution in [0.1, 0.15) is 29.2 Å². The highest BCUT2D eigenvalue weighted by atomic mass is 16.5. The Bertz CT molecular complexity index is 341. The van der Waals surface area contributed by atoms with Gasteiger partial charge in [-0.05, 0) is 18.8 Å². The number of aromatic nitrogens is 1. The predicted molar refractivity (Wildman–Crippen MR) is 50.7 cm³/mol. The van der Waals surface area contributed by atoms with Gasteiger partial charge in [0.05, 0.1) is 0 Å². The van der Waals surface area contributed by atoms with Crippen molar-refractivity contribution in [1.82, 2.24) is 4.98 Å². The Morgan fingerprint density at radius 1 is 1.53 bits per heavy atom. The second kappa shape index (κ2) is 4.44. The second-order valence-electron chi connectivity index (χ2n) is 3.69. The quantitative estimate of drug-likeness (QED) is 0.816. The maximum atomic E-state index is 10.6. The summed E-state index contributed by atoms with van der Waals surface area (Å²) in [5.74, 6) is -0.0321. The molecule has 0 aromatic carbocycles. The Labute approximate surface area is 87.1 Å². The summed E-state index contributed by atoms with van der Waals surface area (Å²) < 4.78 is 10.3. The minimum Gasteiger partial charge on any atom is -0.476 e.